The molecule has 4 nitrogen and oxygen atoms in total. The normalized spacial score (nSPS) is 17.4. The monoisotopic (exact) mass is 373 g/mol. The van der Waals surface area contributed by atoms with E-state index in [4.69, 9.17) is 16.3 Å². The van der Waals surface area contributed by atoms with Gasteiger partial charge in [-0.3, -0.25) is 9.59 Å². The molecule has 1 aromatic rings. The van der Waals surface area contributed by atoms with Gasteiger partial charge in [-0.1, -0.05) is 39.7 Å². The molecule has 1 aromatic carbocycles. The summed E-state index contributed by atoms with van der Waals surface area (Å²) in [5.41, 5.74) is 0.741. The van der Waals surface area contributed by atoms with Crippen molar-refractivity contribution in [2.24, 2.45) is 0 Å². The van der Waals surface area contributed by atoms with E-state index in [9.17, 15) is 9.59 Å². The number of nitrogens with zero attached hydrogens (tertiary/aromatic N) is 1. The Bertz CT molecular complexity index is 514. The topological polar surface area (TPSA) is 46.6 Å². The second-order valence-corrected chi connectivity index (χ2v) is 6.38. The Morgan fingerprint density at radius 3 is 2.38 bits per heavy atom. The van der Waals surface area contributed by atoms with Crippen LogP contribution in [0.1, 0.15) is 30.2 Å². The van der Waals surface area contributed by atoms with Gasteiger partial charge in [0, 0.05) is 18.1 Å². The van der Waals surface area contributed by atoms with Crippen LogP contribution < -0.4 is 0 Å². The van der Waals surface area contributed by atoms with Crippen molar-refractivity contribution in [2.75, 3.05) is 13.1 Å². The third-order valence-corrected chi connectivity index (χ3v) is 4.58. The van der Waals surface area contributed by atoms with E-state index in [0.717, 1.165) is 31.5 Å². The number of hydrogen-bond acceptors (Lipinski definition) is 3. The molecular weight excluding hydrogens is 358 g/mol. The van der Waals surface area contributed by atoms with Crippen molar-refractivity contribution in [2.45, 2.75) is 30.7 Å². The molecule has 0 aromatic heterocycles. The van der Waals surface area contributed by atoms with E-state index in [0.29, 0.717) is 5.02 Å². The van der Waals surface area contributed by atoms with Gasteiger partial charge in [-0.05, 0) is 37.5 Å². The van der Waals surface area contributed by atoms with Gasteiger partial charge in [0.05, 0.1) is 0 Å². The third kappa shape index (κ3) is 4.20. The number of benzene rings is 1. The molecule has 1 aliphatic rings. The Morgan fingerprint density at radius 2 is 1.81 bits per heavy atom. The first kappa shape index (κ1) is 16.3. The maximum Gasteiger partial charge on any atom is 0.325 e. The number of rotatable bonds is 4. The minimum absolute atomic E-state index is 0.128. The lowest BCUT2D eigenvalue weighted by atomic mass is 10.1. The summed E-state index contributed by atoms with van der Waals surface area (Å²) in [6, 6.07) is 6.90. The van der Waals surface area contributed by atoms with E-state index in [-0.39, 0.29) is 5.91 Å². The van der Waals surface area contributed by atoms with E-state index < -0.39 is 16.9 Å². The van der Waals surface area contributed by atoms with E-state index in [1.54, 1.807) is 36.1 Å². The van der Waals surface area contributed by atoms with Gasteiger partial charge in [0.1, 0.15) is 4.83 Å². The smallest absolute Gasteiger partial charge is 0.325 e. The Kier molecular flexibility index (Phi) is 5.65. The zero-order valence-electron chi connectivity index (χ0n) is 11.7. The van der Waals surface area contributed by atoms with Crippen LogP contribution in [0.4, 0.5) is 0 Å². The zero-order chi connectivity index (χ0) is 15.4. The molecule has 2 unspecified atom stereocenters. The third-order valence-electron chi connectivity index (χ3n) is 3.43. The first-order valence-electron chi connectivity index (χ1n) is 6.88. The van der Waals surface area contributed by atoms with Crippen molar-refractivity contribution in [3.63, 3.8) is 0 Å². The number of amides is 1. The molecule has 6 heteroatoms. The molecular formula is C15H17BrClNO3. The quantitative estimate of drug-likeness (QED) is 0.600. The van der Waals surface area contributed by atoms with Gasteiger partial charge in [0.25, 0.3) is 5.91 Å². The molecule has 0 bridgehead atoms. The molecule has 0 spiro atoms. The van der Waals surface area contributed by atoms with Crippen LogP contribution >= 0.6 is 27.5 Å². The highest BCUT2D eigenvalue weighted by Gasteiger charge is 2.28. The summed E-state index contributed by atoms with van der Waals surface area (Å²) >= 11 is 9.11. The van der Waals surface area contributed by atoms with E-state index >= 15 is 0 Å². The van der Waals surface area contributed by atoms with Crippen LogP contribution in [0.5, 0.6) is 0 Å². The minimum atomic E-state index is -0.761. The number of hydrogen-bond donors (Lipinski definition) is 0. The summed E-state index contributed by atoms with van der Waals surface area (Å²) in [5.74, 6) is -0.603. The van der Waals surface area contributed by atoms with Crippen LogP contribution in [0.25, 0.3) is 0 Å². The van der Waals surface area contributed by atoms with Gasteiger partial charge in [-0.15, -0.1) is 0 Å². The molecule has 0 saturated carbocycles. The second-order valence-electron chi connectivity index (χ2n) is 5.03. The Morgan fingerprint density at radius 1 is 1.24 bits per heavy atom. The highest BCUT2D eigenvalue weighted by Crippen LogP contribution is 2.26. The summed E-state index contributed by atoms with van der Waals surface area (Å²) < 4.78 is 5.26. The molecule has 2 atom stereocenters. The van der Waals surface area contributed by atoms with Gasteiger partial charge in [-0.25, -0.2) is 0 Å². The van der Waals surface area contributed by atoms with Crippen molar-refractivity contribution in [1.29, 1.82) is 0 Å². The fraction of sp³-hybridized carbons (Fsp3) is 0.467. The Balaban J connectivity index is 1.93. The van der Waals surface area contributed by atoms with Gasteiger partial charge in [0.2, 0.25) is 0 Å². The summed E-state index contributed by atoms with van der Waals surface area (Å²) in [4.78, 5) is 25.3. The van der Waals surface area contributed by atoms with Crippen LogP contribution in [0.3, 0.4) is 0 Å². The van der Waals surface area contributed by atoms with Crippen molar-refractivity contribution < 1.29 is 14.3 Å². The number of halogens is 2. The summed E-state index contributed by atoms with van der Waals surface area (Å²) in [7, 11) is 0. The maximum absolute atomic E-state index is 12.1. The van der Waals surface area contributed by atoms with Crippen molar-refractivity contribution in [3.05, 3.63) is 34.9 Å². The molecule has 114 valence electrons. The van der Waals surface area contributed by atoms with Gasteiger partial charge < -0.3 is 9.64 Å². The predicted molar refractivity (Wildman–Crippen MR) is 84.5 cm³/mol. The molecule has 0 aliphatic carbocycles. The largest absolute Gasteiger partial charge is 0.451 e. The molecule has 21 heavy (non-hydrogen) atoms. The number of carbonyl (C=O) groups excluding carboxylic acids is 2. The lowest BCUT2D eigenvalue weighted by Crippen LogP contribution is -2.38. The van der Waals surface area contributed by atoms with Crippen LogP contribution in [0.2, 0.25) is 5.02 Å². The standard InChI is InChI=1S/C15H17BrClNO3/c1-10(14(19)18-8-2-3-9-18)21-15(20)13(16)11-4-6-12(17)7-5-11/h4-7,10,13H,2-3,8-9H2,1H3. The number of ether oxygens (including phenoxy) is 1. The zero-order valence-corrected chi connectivity index (χ0v) is 14.1. The first-order valence-corrected chi connectivity index (χ1v) is 8.17. The average molecular weight is 375 g/mol. The fourth-order valence-electron chi connectivity index (χ4n) is 2.25. The van der Waals surface area contributed by atoms with Crippen LogP contribution in [0, 0.1) is 0 Å². The first-order chi connectivity index (χ1) is 9.99. The summed E-state index contributed by atoms with van der Waals surface area (Å²) in [6.07, 6.45) is 1.26. The van der Waals surface area contributed by atoms with Crippen LogP contribution in [-0.2, 0) is 14.3 Å². The second kappa shape index (κ2) is 7.27. The fourth-order valence-corrected chi connectivity index (χ4v) is 2.79. The molecule has 2 rings (SSSR count). The summed E-state index contributed by atoms with van der Waals surface area (Å²) in [5, 5.41) is 0.601. The lowest BCUT2D eigenvalue weighted by Gasteiger charge is -2.21. The maximum atomic E-state index is 12.1. The highest BCUT2D eigenvalue weighted by molar-refractivity contribution is 9.09. The van der Waals surface area contributed by atoms with Crippen molar-refractivity contribution in [1.82, 2.24) is 4.90 Å². The summed E-state index contributed by atoms with van der Waals surface area (Å²) in [6.45, 7) is 3.10. The molecule has 1 amide bonds. The lowest BCUT2D eigenvalue weighted by molar-refractivity contribution is -0.158. The molecule has 1 heterocycles. The number of esters is 1. The predicted octanol–water partition coefficient (Wildman–Crippen LogP) is 3.33. The minimum Gasteiger partial charge on any atom is -0.451 e. The van der Waals surface area contributed by atoms with E-state index in [2.05, 4.69) is 15.9 Å². The van der Waals surface area contributed by atoms with E-state index in [1.807, 2.05) is 0 Å². The molecule has 1 saturated heterocycles. The van der Waals surface area contributed by atoms with E-state index in [1.165, 1.54) is 0 Å². The SMILES string of the molecule is CC(OC(=O)C(Br)c1ccc(Cl)cc1)C(=O)N1CCCC1. The average Bonchev–Trinajstić information content (AvgIpc) is 3.00. The Labute approximate surface area is 137 Å². The Hall–Kier alpha value is -1.07. The van der Waals surface area contributed by atoms with Crippen molar-refractivity contribution in [3.8, 4) is 0 Å². The molecule has 0 radical (unpaired) electrons. The number of carbonyl (C=O) groups is 2. The van der Waals surface area contributed by atoms with Crippen LogP contribution in [0.15, 0.2) is 24.3 Å². The molecule has 1 fully saturated rings. The van der Waals surface area contributed by atoms with Gasteiger partial charge >= 0.3 is 5.97 Å². The molecule has 0 N–H and O–H groups in total. The van der Waals surface area contributed by atoms with Crippen LogP contribution in [-0.4, -0.2) is 36.0 Å². The number of alkyl halides is 1. The highest BCUT2D eigenvalue weighted by atomic mass is 79.9. The number of likely N-dealkylation sites (tertiary alicyclic amines) is 1. The van der Waals surface area contributed by atoms with Gasteiger partial charge in [0.15, 0.2) is 6.10 Å². The molecule has 1 aliphatic heterocycles. The van der Waals surface area contributed by atoms with Gasteiger partial charge in [-0.2, -0.15) is 0 Å². The van der Waals surface area contributed by atoms with Crippen molar-refractivity contribution >= 4 is 39.4 Å².